The number of carbonyl (C=O) groups is 4. The number of nitrogens with zero attached hydrogens (tertiary/aromatic N) is 4. The molecule has 0 atom stereocenters. The van der Waals surface area contributed by atoms with Crippen LogP contribution < -0.4 is 48.0 Å². The number of likely N-dealkylation sites (N-methyl/N-ethyl adjacent to an activating group) is 2. The van der Waals surface area contributed by atoms with Gasteiger partial charge in [0.25, 0.3) is 23.6 Å². The van der Waals surface area contributed by atoms with Crippen LogP contribution in [0.1, 0.15) is 83.0 Å². The fourth-order valence-corrected chi connectivity index (χ4v) is 8.69. The van der Waals surface area contributed by atoms with Gasteiger partial charge in [-0.15, -0.1) is 48.0 Å². The molecule has 12 heteroatoms. The Kier molecular flexibility index (Phi) is 14.8. The second-order valence-electron chi connectivity index (χ2n) is 13.7. The minimum atomic E-state index is -0.248. The molecule has 2 heterocycles. The molecular weight excluding hydrogens is 1110 g/mol. The van der Waals surface area contributed by atoms with Gasteiger partial charge in [-0.05, 0) is 98.1 Å². The van der Waals surface area contributed by atoms with E-state index in [2.05, 4.69) is 41.5 Å². The van der Waals surface area contributed by atoms with Crippen LogP contribution in [0.25, 0.3) is 43.1 Å². The summed E-state index contributed by atoms with van der Waals surface area (Å²) in [6.45, 7) is 20.8. The Morgan fingerprint density at radius 2 is 0.635 bits per heavy atom. The number of imide groups is 2. The van der Waals surface area contributed by atoms with Crippen LogP contribution >= 0.6 is 48.0 Å². The van der Waals surface area contributed by atoms with Crippen LogP contribution in [0.15, 0.2) is 48.5 Å². The fraction of sp³-hybridized carbons (Fsp3) is 0.400. The van der Waals surface area contributed by atoms with Gasteiger partial charge in [-0.1, -0.05) is 24.3 Å². The lowest BCUT2D eigenvalue weighted by atomic mass is 9.82. The molecule has 0 N–H and O–H groups in total. The monoisotopic (exact) mass is 1160 g/mol. The number of quaternary nitrogens is 2. The van der Waals surface area contributed by atoms with Gasteiger partial charge in [-0.2, -0.15) is 0 Å². The van der Waals surface area contributed by atoms with Crippen molar-refractivity contribution in [3.63, 3.8) is 0 Å². The lowest BCUT2D eigenvalue weighted by Crippen LogP contribution is -3.00. The molecule has 280 valence electrons. The number of amides is 4. The van der Waals surface area contributed by atoms with Crippen LogP contribution in [-0.2, 0) is 0 Å². The van der Waals surface area contributed by atoms with Crippen molar-refractivity contribution >= 4 is 115 Å². The summed E-state index contributed by atoms with van der Waals surface area (Å²) < 4.78 is 1.70. The third kappa shape index (κ3) is 6.63. The summed E-state index contributed by atoms with van der Waals surface area (Å²) in [7, 11) is 0. The SMILES string of the molecule is CC[N+](CC)(CC)CCN1C(=O)c2ccc3c4ccc5c6c(ccc(c7ccc(c2c37)C1=O)c64)C(=O)N(CC[N+](CC)(CC)CC)C5=O.I.I.[I-].[I-]. The van der Waals surface area contributed by atoms with E-state index in [0.717, 1.165) is 93.6 Å². The summed E-state index contributed by atoms with van der Waals surface area (Å²) in [6, 6.07) is 15.3. The van der Waals surface area contributed by atoms with Gasteiger partial charge >= 0.3 is 0 Å². The highest BCUT2D eigenvalue weighted by Crippen LogP contribution is 2.46. The third-order valence-corrected chi connectivity index (χ3v) is 12.4. The Hall–Kier alpha value is -1.48. The van der Waals surface area contributed by atoms with E-state index in [0.29, 0.717) is 46.1 Å². The first-order valence-electron chi connectivity index (χ1n) is 17.8. The molecule has 2 aliphatic rings. The van der Waals surface area contributed by atoms with Crippen LogP contribution in [0.5, 0.6) is 0 Å². The third-order valence-electron chi connectivity index (χ3n) is 12.4. The number of rotatable bonds is 12. The van der Waals surface area contributed by atoms with Crippen molar-refractivity contribution in [1.82, 2.24) is 9.80 Å². The van der Waals surface area contributed by atoms with E-state index in [1.807, 2.05) is 48.5 Å². The molecule has 0 saturated carbocycles. The molecule has 7 rings (SSSR count). The number of fused-ring (bicyclic) bond motifs is 2. The van der Waals surface area contributed by atoms with Crippen molar-refractivity contribution in [2.75, 3.05) is 65.4 Å². The quantitative estimate of drug-likeness (QED) is 0.0631. The zero-order chi connectivity index (χ0) is 34.1. The number of benzene rings is 5. The number of carbonyl (C=O) groups excluding carboxylic acids is 4. The molecule has 4 amide bonds. The van der Waals surface area contributed by atoms with E-state index >= 15 is 0 Å². The Bertz CT molecular complexity index is 1890. The van der Waals surface area contributed by atoms with Crippen molar-refractivity contribution in [3.8, 4) is 0 Å². The molecule has 8 nitrogen and oxygen atoms in total. The van der Waals surface area contributed by atoms with E-state index in [1.54, 1.807) is 0 Å². The van der Waals surface area contributed by atoms with Gasteiger partial charge in [0.1, 0.15) is 0 Å². The van der Waals surface area contributed by atoms with E-state index in [1.165, 1.54) is 9.80 Å². The molecule has 52 heavy (non-hydrogen) atoms. The van der Waals surface area contributed by atoms with Gasteiger partial charge in [0.05, 0.1) is 65.4 Å². The average Bonchev–Trinajstić information content (AvgIpc) is 3.12. The highest BCUT2D eigenvalue weighted by atomic mass is 127. The summed E-state index contributed by atoms with van der Waals surface area (Å²) in [5.74, 6) is -0.993. The topological polar surface area (TPSA) is 74.8 Å². The molecule has 0 fully saturated rings. The normalized spacial score (nSPS) is 14.2. The second kappa shape index (κ2) is 17.1. The van der Waals surface area contributed by atoms with Gasteiger partial charge in [-0.25, -0.2) is 0 Å². The number of halogens is 4. The van der Waals surface area contributed by atoms with Crippen molar-refractivity contribution in [3.05, 3.63) is 70.8 Å². The molecule has 2 aliphatic heterocycles. The Balaban J connectivity index is 0.00000182. The minimum Gasteiger partial charge on any atom is -1.00 e. The minimum absolute atomic E-state index is 0. The van der Waals surface area contributed by atoms with E-state index < -0.39 is 0 Å². The van der Waals surface area contributed by atoms with Crippen molar-refractivity contribution in [2.45, 2.75) is 41.5 Å². The summed E-state index contributed by atoms with van der Waals surface area (Å²) in [6.07, 6.45) is 0. The van der Waals surface area contributed by atoms with Crippen LogP contribution in [0.3, 0.4) is 0 Å². The van der Waals surface area contributed by atoms with Crippen molar-refractivity contribution in [1.29, 1.82) is 0 Å². The highest BCUT2D eigenvalue weighted by Gasteiger charge is 2.38. The highest BCUT2D eigenvalue weighted by molar-refractivity contribution is 14.0. The van der Waals surface area contributed by atoms with Crippen molar-refractivity contribution in [2.24, 2.45) is 0 Å². The van der Waals surface area contributed by atoms with E-state index in [4.69, 9.17) is 0 Å². The molecule has 0 aliphatic carbocycles. The fourth-order valence-electron chi connectivity index (χ4n) is 8.69. The molecule has 0 radical (unpaired) electrons. The van der Waals surface area contributed by atoms with Crippen molar-refractivity contribution < 1.29 is 76.1 Å². The summed E-state index contributed by atoms with van der Waals surface area (Å²) >= 11 is 0. The molecule has 0 spiro atoms. The zero-order valence-electron chi connectivity index (χ0n) is 30.7. The molecule has 0 aromatic heterocycles. The van der Waals surface area contributed by atoms with Gasteiger partial charge in [0.15, 0.2) is 0 Å². The maximum Gasteiger partial charge on any atom is 0.261 e. The van der Waals surface area contributed by atoms with E-state index in [9.17, 15) is 19.2 Å². The molecule has 0 unspecified atom stereocenters. The predicted molar refractivity (Wildman–Crippen MR) is 223 cm³/mol. The van der Waals surface area contributed by atoms with Gasteiger partial charge in [0.2, 0.25) is 0 Å². The second-order valence-corrected chi connectivity index (χ2v) is 13.7. The summed E-state index contributed by atoms with van der Waals surface area (Å²) in [5.41, 5.74) is 2.18. The Labute approximate surface area is 374 Å². The first-order valence-corrected chi connectivity index (χ1v) is 17.8. The van der Waals surface area contributed by atoms with Gasteiger partial charge in [0, 0.05) is 33.0 Å². The molecule has 5 aromatic rings. The van der Waals surface area contributed by atoms with Crippen LogP contribution in [0.4, 0.5) is 0 Å². The molecular formula is C40H48I4N4O4. The lowest BCUT2D eigenvalue weighted by molar-refractivity contribution is -0.922. The Morgan fingerprint density at radius 1 is 0.404 bits per heavy atom. The standard InChI is InChI=1S/C40H46N4O4.4HI/c1-7-43(8-2,9-3)23-21-41-37(45)29-17-13-25-27-15-19-31-36-32(40(48)42(39(31)47)22-24-44(10-4,11-5)12-6)20-16-28(34(27)36)26-14-18-30(38(41)46)35(29)33(25)26;;;;/h13-20H,7-12,21-24H2,1-6H3;4*1H/q+2;;;;/p-2. The van der Waals surface area contributed by atoms with Crippen LogP contribution in [0, 0.1) is 0 Å². The first-order chi connectivity index (χ1) is 23.1. The maximum absolute atomic E-state index is 14.0. The van der Waals surface area contributed by atoms with Gasteiger partial charge in [-0.3, -0.25) is 29.0 Å². The lowest BCUT2D eigenvalue weighted by Gasteiger charge is -2.38. The summed E-state index contributed by atoms with van der Waals surface area (Å²) in [4.78, 5) is 58.8. The van der Waals surface area contributed by atoms with E-state index in [-0.39, 0.29) is 120 Å². The summed E-state index contributed by atoms with van der Waals surface area (Å²) in [5, 5.41) is 6.79. The molecule has 0 saturated heterocycles. The predicted octanol–water partition coefficient (Wildman–Crippen LogP) is 1.93. The molecule has 0 bridgehead atoms. The number of hydrogen-bond acceptors (Lipinski definition) is 4. The first kappa shape index (κ1) is 44.9. The largest absolute Gasteiger partial charge is 1.00 e. The number of hydrogen-bond donors (Lipinski definition) is 0. The maximum atomic E-state index is 14.0. The molecule has 5 aromatic carbocycles. The average molecular weight is 1160 g/mol. The van der Waals surface area contributed by atoms with Crippen LogP contribution in [0.2, 0.25) is 0 Å². The Morgan fingerprint density at radius 3 is 0.846 bits per heavy atom. The zero-order valence-corrected chi connectivity index (χ0v) is 39.7. The van der Waals surface area contributed by atoms with Crippen LogP contribution in [-0.4, -0.2) is 108 Å². The smallest absolute Gasteiger partial charge is 0.261 e. The van der Waals surface area contributed by atoms with Gasteiger partial charge < -0.3 is 56.9 Å².